The first-order valence-electron chi connectivity index (χ1n) is 6.51. The summed E-state index contributed by atoms with van der Waals surface area (Å²) in [6.45, 7) is 5.44. The first kappa shape index (κ1) is 11.7. The van der Waals surface area contributed by atoms with Gasteiger partial charge < -0.3 is 4.74 Å². The van der Waals surface area contributed by atoms with Crippen LogP contribution in [0.1, 0.15) is 50.3 Å². The average Bonchev–Trinajstić information content (AvgIpc) is 2.74. The maximum absolute atomic E-state index is 5.77. The van der Waals surface area contributed by atoms with E-state index in [1.54, 1.807) is 0 Å². The molecular formula is C15H22O. The highest BCUT2D eigenvalue weighted by Crippen LogP contribution is 2.33. The van der Waals surface area contributed by atoms with Gasteiger partial charge in [-0.1, -0.05) is 44.5 Å². The summed E-state index contributed by atoms with van der Waals surface area (Å²) in [5.41, 5.74) is 2.81. The number of rotatable bonds is 4. The summed E-state index contributed by atoms with van der Waals surface area (Å²) in [5.74, 6) is 0.668. The smallest absolute Gasteiger partial charge is 0.0851 e. The van der Waals surface area contributed by atoms with Crippen molar-refractivity contribution in [3.8, 4) is 0 Å². The first-order valence-corrected chi connectivity index (χ1v) is 6.51. The number of aryl methyl sites for hydroxylation is 1. The van der Waals surface area contributed by atoms with Crippen molar-refractivity contribution < 1.29 is 4.74 Å². The van der Waals surface area contributed by atoms with E-state index in [9.17, 15) is 0 Å². The molecule has 88 valence electrons. The van der Waals surface area contributed by atoms with Crippen LogP contribution in [0.3, 0.4) is 0 Å². The molecule has 0 spiro atoms. The average molecular weight is 218 g/mol. The SMILES string of the molecule is CCCCc1ccc(C2OCCC2C)cc1. The molecule has 0 amide bonds. The maximum Gasteiger partial charge on any atom is 0.0851 e. The summed E-state index contributed by atoms with van der Waals surface area (Å²) in [7, 11) is 0. The second-order valence-corrected chi connectivity index (χ2v) is 4.90. The number of unbranched alkanes of at least 4 members (excludes halogenated alkanes) is 1. The molecule has 0 saturated carbocycles. The third kappa shape index (κ3) is 2.65. The van der Waals surface area contributed by atoms with Crippen LogP contribution < -0.4 is 0 Å². The summed E-state index contributed by atoms with van der Waals surface area (Å²) in [6.07, 6.45) is 5.29. The van der Waals surface area contributed by atoms with Gasteiger partial charge in [-0.3, -0.25) is 0 Å². The number of hydrogen-bond acceptors (Lipinski definition) is 1. The standard InChI is InChI=1S/C15H22O/c1-3-4-5-13-6-8-14(9-7-13)15-12(2)10-11-16-15/h6-9,12,15H,3-5,10-11H2,1-2H3. The Morgan fingerprint density at radius 2 is 2.00 bits per heavy atom. The van der Waals surface area contributed by atoms with E-state index in [0.717, 1.165) is 6.61 Å². The molecule has 0 aromatic heterocycles. The van der Waals surface area contributed by atoms with E-state index < -0.39 is 0 Å². The summed E-state index contributed by atoms with van der Waals surface area (Å²) < 4.78 is 5.77. The van der Waals surface area contributed by atoms with E-state index >= 15 is 0 Å². The van der Waals surface area contributed by atoms with Gasteiger partial charge in [-0.25, -0.2) is 0 Å². The van der Waals surface area contributed by atoms with Gasteiger partial charge in [0.05, 0.1) is 6.10 Å². The number of ether oxygens (including phenoxy) is 1. The van der Waals surface area contributed by atoms with Gasteiger partial charge in [-0.2, -0.15) is 0 Å². The third-order valence-electron chi connectivity index (χ3n) is 3.51. The zero-order chi connectivity index (χ0) is 11.4. The van der Waals surface area contributed by atoms with Gasteiger partial charge in [0.1, 0.15) is 0 Å². The highest BCUT2D eigenvalue weighted by atomic mass is 16.5. The monoisotopic (exact) mass is 218 g/mol. The van der Waals surface area contributed by atoms with E-state index in [-0.39, 0.29) is 0 Å². The van der Waals surface area contributed by atoms with Crippen LogP contribution in [0.2, 0.25) is 0 Å². The topological polar surface area (TPSA) is 9.23 Å². The zero-order valence-electron chi connectivity index (χ0n) is 10.4. The highest BCUT2D eigenvalue weighted by molar-refractivity contribution is 5.25. The molecule has 2 atom stereocenters. The first-order chi connectivity index (χ1) is 7.81. The third-order valence-corrected chi connectivity index (χ3v) is 3.51. The molecule has 1 heteroatoms. The lowest BCUT2D eigenvalue weighted by Gasteiger charge is -2.15. The summed E-state index contributed by atoms with van der Waals surface area (Å²) in [4.78, 5) is 0. The molecular weight excluding hydrogens is 196 g/mol. The molecule has 1 aromatic carbocycles. The fourth-order valence-corrected chi connectivity index (χ4v) is 2.38. The summed E-state index contributed by atoms with van der Waals surface area (Å²) in [6, 6.07) is 9.02. The molecule has 1 nitrogen and oxygen atoms in total. The predicted octanol–water partition coefficient (Wildman–Crippen LogP) is 4.13. The molecule has 1 aliphatic rings. The molecule has 2 rings (SSSR count). The van der Waals surface area contributed by atoms with E-state index in [1.807, 2.05) is 0 Å². The Balaban J connectivity index is 2.01. The number of hydrogen-bond donors (Lipinski definition) is 0. The van der Waals surface area contributed by atoms with Gasteiger partial charge >= 0.3 is 0 Å². The van der Waals surface area contributed by atoms with Crippen LogP contribution in [0.4, 0.5) is 0 Å². The second-order valence-electron chi connectivity index (χ2n) is 4.90. The normalized spacial score (nSPS) is 24.9. The van der Waals surface area contributed by atoms with E-state index in [0.29, 0.717) is 12.0 Å². The minimum Gasteiger partial charge on any atom is -0.373 e. The molecule has 1 aliphatic heterocycles. The molecule has 2 unspecified atom stereocenters. The van der Waals surface area contributed by atoms with Crippen molar-refractivity contribution in [1.29, 1.82) is 0 Å². The molecule has 0 bridgehead atoms. The fraction of sp³-hybridized carbons (Fsp3) is 0.600. The van der Waals surface area contributed by atoms with E-state index in [4.69, 9.17) is 4.74 Å². The van der Waals surface area contributed by atoms with Crippen molar-refractivity contribution in [3.05, 3.63) is 35.4 Å². The van der Waals surface area contributed by atoms with Gasteiger partial charge in [0.15, 0.2) is 0 Å². The predicted molar refractivity (Wildman–Crippen MR) is 67.5 cm³/mol. The Morgan fingerprint density at radius 3 is 2.56 bits per heavy atom. The molecule has 16 heavy (non-hydrogen) atoms. The van der Waals surface area contributed by atoms with Crippen LogP contribution in [0.15, 0.2) is 24.3 Å². The van der Waals surface area contributed by atoms with Crippen LogP contribution >= 0.6 is 0 Å². The van der Waals surface area contributed by atoms with Crippen molar-refractivity contribution >= 4 is 0 Å². The summed E-state index contributed by atoms with van der Waals surface area (Å²) >= 11 is 0. The summed E-state index contributed by atoms with van der Waals surface area (Å²) in [5, 5.41) is 0. The molecule has 0 N–H and O–H groups in total. The zero-order valence-corrected chi connectivity index (χ0v) is 10.4. The Morgan fingerprint density at radius 1 is 1.25 bits per heavy atom. The highest BCUT2D eigenvalue weighted by Gasteiger charge is 2.25. The Kier molecular flexibility index (Phi) is 4.00. The molecule has 0 aliphatic carbocycles. The fourth-order valence-electron chi connectivity index (χ4n) is 2.38. The van der Waals surface area contributed by atoms with Crippen molar-refractivity contribution in [2.24, 2.45) is 5.92 Å². The van der Waals surface area contributed by atoms with Gasteiger partial charge in [0.25, 0.3) is 0 Å². The van der Waals surface area contributed by atoms with Crippen LogP contribution in [0.5, 0.6) is 0 Å². The van der Waals surface area contributed by atoms with Gasteiger partial charge in [0, 0.05) is 6.61 Å². The molecule has 1 saturated heterocycles. The molecule has 0 radical (unpaired) electrons. The van der Waals surface area contributed by atoms with Crippen molar-refractivity contribution in [2.45, 2.75) is 45.6 Å². The van der Waals surface area contributed by atoms with Crippen molar-refractivity contribution in [3.63, 3.8) is 0 Å². The lowest BCUT2D eigenvalue weighted by atomic mass is 9.96. The minimum atomic E-state index is 0.334. The second kappa shape index (κ2) is 5.49. The largest absolute Gasteiger partial charge is 0.373 e. The van der Waals surface area contributed by atoms with Crippen LogP contribution in [0, 0.1) is 5.92 Å². The van der Waals surface area contributed by atoms with Crippen LogP contribution in [0.25, 0.3) is 0 Å². The maximum atomic E-state index is 5.77. The van der Waals surface area contributed by atoms with Gasteiger partial charge in [0.2, 0.25) is 0 Å². The quantitative estimate of drug-likeness (QED) is 0.738. The van der Waals surface area contributed by atoms with Crippen LogP contribution in [-0.2, 0) is 11.2 Å². The molecule has 1 aromatic rings. The van der Waals surface area contributed by atoms with Crippen molar-refractivity contribution in [2.75, 3.05) is 6.61 Å². The van der Waals surface area contributed by atoms with E-state index in [1.165, 1.54) is 36.8 Å². The Bertz CT molecular complexity index is 315. The van der Waals surface area contributed by atoms with Crippen molar-refractivity contribution in [1.82, 2.24) is 0 Å². The minimum absolute atomic E-state index is 0.334. The lowest BCUT2D eigenvalue weighted by molar-refractivity contribution is 0.0945. The van der Waals surface area contributed by atoms with Crippen LogP contribution in [-0.4, -0.2) is 6.61 Å². The van der Waals surface area contributed by atoms with Gasteiger partial charge in [-0.15, -0.1) is 0 Å². The number of benzene rings is 1. The molecule has 1 heterocycles. The van der Waals surface area contributed by atoms with E-state index in [2.05, 4.69) is 38.1 Å². The lowest BCUT2D eigenvalue weighted by Crippen LogP contribution is -2.03. The Labute approximate surface area is 98.8 Å². The molecule has 1 fully saturated rings. The Hall–Kier alpha value is -0.820. The van der Waals surface area contributed by atoms with Gasteiger partial charge in [-0.05, 0) is 36.3 Å².